The van der Waals surface area contributed by atoms with Crippen LogP contribution in [0.5, 0.6) is 0 Å². The Morgan fingerprint density at radius 2 is 2.31 bits per heavy atom. The average molecular weight is 290 g/mol. The van der Waals surface area contributed by atoms with E-state index in [9.17, 15) is 9.18 Å². The predicted octanol–water partition coefficient (Wildman–Crippen LogP) is 3.25. The van der Waals surface area contributed by atoms with Crippen molar-refractivity contribution < 1.29 is 14.3 Å². The van der Waals surface area contributed by atoms with E-state index in [1.807, 2.05) is 6.92 Å². The molecule has 1 aromatic carbocycles. The van der Waals surface area contributed by atoms with Gasteiger partial charge in [0.2, 0.25) is 0 Å². The van der Waals surface area contributed by atoms with Gasteiger partial charge >= 0.3 is 5.97 Å². The number of carboxylic acid groups (broad SMARTS) is 1. The molecule has 0 aliphatic carbocycles. The lowest BCUT2D eigenvalue weighted by Crippen LogP contribution is -2.29. The Hall–Kier alpha value is -1.10. The third-order valence-corrected chi connectivity index (χ3v) is 2.79. The van der Waals surface area contributed by atoms with Crippen LogP contribution in [0.15, 0.2) is 22.7 Å². The van der Waals surface area contributed by atoms with Gasteiger partial charge in [-0.3, -0.25) is 0 Å². The second kappa shape index (κ2) is 5.84. The molecule has 88 valence electrons. The summed E-state index contributed by atoms with van der Waals surface area (Å²) in [5.74, 6) is -1.27. The minimum absolute atomic E-state index is 0.361. The normalized spacial score (nSPS) is 12.2. The number of carboxylic acids is 1. The summed E-state index contributed by atoms with van der Waals surface area (Å²) in [5.41, 5.74) is 0.585. The van der Waals surface area contributed by atoms with E-state index >= 15 is 0 Å². The number of anilines is 1. The first kappa shape index (κ1) is 13.0. The molecule has 0 aliphatic rings. The van der Waals surface area contributed by atoms with Gasteiger partial charge in [-0.15, -0.1) is 0 Å². The van der Waals surface area contributed by atoms with Gasteiger partial charge < -0.3 is 10.4 Å². The van der Waals surface area contributed by atoms with E-state index < -0.39 is 12.0 Å². The smallest absolute Gasteiger partial charge is 0.326 e. The van der Waals surface area contributed by atoms with Crippen molar-refractivity contribution in [2.45, 2.75) is 25.8 Å². The van der Waals surface area contributed by atoms with Crippen molar-refractivity contribution >= 4 is 27.6 Å². The monoisotopic (exact) mass is 289 g/mol. The van der Waals surface area contributed by atoms with Crippen LogP contribution in [0.4, 0.5) is 10.1 Å². The van der Waals surface area contributed by atoms with Crippen LogP contribution >= 0.6 is 15.9 Å². The minimum atomic E-state index is -0.905. The number of aliphatic carboxylic acids is 1. The van der Waals surface area contributed by atoms with E-state index in [4.69, 9.17) is 5.11 Å². The summed E-state index contributed by atoms with van der Waals surface area (Å²) in [6.45, 7) is 1.91. The molecule has 1 aromatic rings. The Kier molecular flexibility index (Phi) is 4.73. The highest BCUT2D eigenvalue weighted by atomic mass is 79.9. The van der Waals surface area contributed by atoms with E-state index in [2.05, 4.69) is 21.2 Å². The summed E-state index contributed by atoms with van der Waals surface area (Å²) < 4.78 is 13.3. The standard InChI is InChI=1S/C11H13BrFNO2/c1-2-3-10(11(15)16)14-9-5-4-7(13)6-8(9)12/h4-6,10,14H,2-3H2,1H3,(H,15,16). The Bertz CT molecular complexity index is 384. The van der Waals surface area contributed by atoms with Gasteiger partial charge in [-0.1, -0.05) is 13.3 Å². The lowest BCUT2D eigenvalue weighted by molar-refractivity contribution is -0.138. The van der Waals surface area contributed by atoms with Crippen molar-refractivity contribution in [1.82, 2.24) is 0 Å². The summed E-state index contributed by atoms with van der Waals surface area (Å²) in [6, 6.07) is 3.46. The van der Waals surface area contributed by atoms with Gasteiger partial charge in [0.15, 0.2) is 0 Å². The third-order valence-electron chi connectivity index (χ3n) is 2.14. The van der Waals surface area contributed by atoms with Crippen LogP contribution in [0, 0.1) is 5.82 Å². The Morgan fingerprint density at radius 1 is 1.62 bits per heavy atom. The Balaban J connectivity index is 2.81. The summed E-state index contributed by atoms with van der Waals surface area (Å²) >= 11 is 3.18. The molecule has 0 heterocycles. The maximum Gasteiger partial charge on any atom is 0.326 e. The van der Waals surface area contributed by atoms with Crippen molar-refractivity contribution in [2.24, 2.45) is 0 Å². The van der Waals surface area contributed by atoms with Crippen LogP contribution in [0.1, 0.15) is 19.8 Å². The number of halogens is 2. The van der Waals surface area contributed by atoms with Crippen LogP contribution in [0.2, 0.25) is 0 Å². The molecule has 0 aliphatic heterocycles. The fraction of sp³-hybridized carbons (Fsp3) is 0.364. The summed E-state index contributed by atoms with van der Waals surface area (Å²) in [4.78, 5) is 10.9. The number of rotatable bonds is 5. The second-order valence-corrected chi connectivity index (χ2v) is 4.30. The molecule has 16 heavy (non-hydrogen) atoms. The zero-order valence-electron chi connectivity index (χ0n) is 8.84. The van der Waals surface area contributed by atoms with Gasteiger partial charge in [0.1, 0.15) is 11.9 Å². The number of hydrogen-bond donors (Lipinski definition) is 2. The zero-order valence-corrected chi connectivity index (χ0v) is 10.4. The number of hydrogen-bond acceptors (Lipinski definition) is 2. The Labute approximate surface area is 102 Å². The quantitative estimate of drug-likeness (QED) is 0.875. The molecule has 5 heteroatoms. The van der Waals surface area contributed by atoms with Gasteiger partial charge in [-0.05, 0) is 40.5 Å². The first-order valence-corrected chi connectivity index (χ1v) is 5.78. The van der Waals surface area contributed by atoms with E-state index in [1.165, 1.54) is 18.2 Å². The van der Waals surface area contributed by atoms with Crippen LogP contribution in [0.25, 0.3) is 0 Å². The fourth-order valence-corrected chi connectivity index (χ4v) is 1.81. The highest BCUT2D eigenvalue weighted by molar-refractivity contribution is 9.10. The molecule has 1 atom stereocenters. The highest BCUT2D eigenvalue weighted by Gasteiger charge is 2.16. The number of nitrogens with one attached hydrogen (secondary N) is 1. The molecule has 0 spiro atoms. The van der Waals surface area contributed by atoms with E-state index in [0.29, 0.717) is 16.6 Å². The van der Waals surface area contributed by atoms with Gasteiger partial charge in [-0.25, -0.2) is 9.18 Å². The first-order valence-electron chi connectivity index (χ1n) is 4.99. The van der Waals surface area contributed by atoms with E-state index in [0.717, 1.165) is 6.42 Å². The Morgan fingerprint density at radius 3 is 2.81 bits per heavy atom. The van der Waals surface area contributed by atoms with Gasteiger partial charge in [0, 0.05) is 10.2 Å². The van der Waals surface area contributed by atoms with Crippen LogP contribution in [-0.4, -0.2) is 17.1 Å². The summed E-state index contributed by atoms with van der Waals surface area (Å²) in [7, 11) is 0. The zero-order chi connectivity index (χ0) is 12.1. The van der Waals surface area contributed by atoms with Crippen LogP contribution < -0.4 is 5.32 Å². The molecular weight excluding hydrogens is 277 g/mol. The predicted molar refractivity (Wildman–Crippen MR) is 64.1 cm³/mol. The molecule has 0 bridgehead atoms. The molecule has 1 rings (SSSR count). The minimum Gasteiger partial charge on any atom is -0.480 e. The SMILES string of the molecule is CCCC(Nc1ccc(F)cc1Br)C(=O)O. The molecule has 1 unspecified atom stereocenters. The first-order chi connectivity index (χ1) is 7.54. The molecule has 2 N–H and O–H groups in total. The van der Waals surface area contributed by atoms with Crippen molar-refractivity contribution in [3.05, 3.63) is 28.5 Å². The number of benzene rings is 1. The maximum atomic E-state index is 12.8. The van der Waals surface area contributed by atoms with Crippen molar-refractivity contribution in [3.63, 3.8) is 0 Å². The summed E-state index contributed by atoms with van der Waals surface area (Å²) in [6.07, 6.45) is 1.29. The van der Waals surface area contributed by atoms with Gasteiger partial charge in [0.05, 0.1) is 0 Å². The molecule has 0 fully saturated rings. The topological polar surface area (TPSA) is 49.3 Å². The lowest BCUT2D eigenvalue weighted by atomic mass is 10.1. The molecule has 0 saturated carbocycles. The van der Waals surface area contributed by atoms with Crippen molar-refractivity contribution in [1.29, 1.82) is 0 Å². The second-order valence-electron chi connectivity index (χ2n) is 3.45. The van der Waals surface area contributed by atoms with Crippen molar-refractivity contribution in [3.8, 4) is 0 Å². The third kappa shape index (κ3) is 3.48. The summed E-state index contributed by atoms with van der Waals surface area (Å²) in [5, 5.41) is 11.8. The highest BCUT2D eigenvalue weighted by Crippen LogP contribution is 2.24. The molecular formula is C11H13BrFNO2. The maximum absolute atomic E-state index is 12.8. The van der Waals surface area contributed by atoms with Crippen LogP contribution in [-0.2, 0) is 4.79 Å². The van der Waals surface area contributed by atoms with Gasteiger partial charge in [0.25, 0.3) is 0 Å². The van der Waals surface area contributed by atoms with Crippen molar-refractivity contribution in [2.75, 3.05) is 5.32 Å². The number of carbonyl (C=O) groups is 1. The molecule has 0 amide bonds. The van der Waals surface area contributed by atoms with E-state index in [1.54, 1.807) is 0 Å². The largest absolute Gasteiger partial charge is 0.480 e. The fourth-order valence-electron chi connectivity index (χ4n) is 1.34. The average Bonchev–Trinajstić information content (AvgIpc) is 2.20. The lowest BCUT2D eigenvalue weighted by Gasteiger charge is -2.15. The molecule has 0 aromatic heterocycles. The molecule has 3 nitrogen and oxygen atoms in total. The molecule has 0 saturated heterocycles. The van der Waals surface area contributed by atoms with Gasteiger partial charge in [-0.2, -0.15) is 0 Å². The van der Waals surface area contributed by atoms with E-state index in [-0.39, 0.29) is 5.82 Å². The van der Waals surface area contributed by atoms with Crippen LogP contribution in [0.3, 0.4) is 0 Å². The molecule has 0 radical (unpaired) electrons.